The summed E-state index contributed by atoms with van der Waals surface area (Å²) in [6.45, 7) is 8.01. The van der Waals surface area contributed by atoms with Gasteiger partial charge in [0, 0.05) is 35.6 Å². The van der Waals surface area contributed by atoms with Crippen molar-refractivity contribution in [2.24, 2.45) is 4.99 Å². The van der Waals surface area contributed by atoms with E-state index in [1.165, 1.54) is 15.3 Å². The van der Waals surface area contributed by atoms with Crippen molar-refractivity contribution in [1.29, 1.82) is 0 Å². The minimum Gasteiger partial charge on any atom is -0.383 e. The molecule has 1 aromatic carbocycles. The second kappa shape index (κ2) is 10.7. The lowest BCUT2D eigenvalue weighted by atomic mass is 10.2. The van der Waals surface area contributed by atoms with Crippen molar-refractivity contribution in [2.45, 2.75) is 26.9 Å². The molecule has 0 fully saturated rings. The molecular weight excluding hydrogens is 332 g/mol. The van der Waals surface area contributed by atoms with Gasteiger partial charge >= 0.3 is 0 Å². The van der Waals surface area contributed by atoms with Crippen LogP contribution in [0, 0.1) is 6.92 Å². The first-order valence-corrected chi connectivity index (χ1v) is 9.42. The zero-order chi connectivity index (χ0) is 17.9. The molecule has 1 aromatic heterocycles. The molecule has 6 heteroatoms. The van der Waals surface area contributed by atoms with E-state index in [4.69, 9.17) is 4.74 Å². The van der Waals surface area contributed by atoms with Gasteiger partial charge in [0.05, 0.1) is 19.7 Å². The number of hydrogen-bond acceptors (Lipinski definition) is 4. The van der Waals surface area contributed by atoms with Gasteiger partial charge in [-0.3, -0.25) is 0 Å². The molecule has 2 aromatic rings. The van der Waals surface area contributed by atoms with Crippen LogP contribution in [-0.2, 0) is 17.8 Å². The first-order valence-electron chi connectivity index (χ1n) is 8.60. The molecule has 25 heavy (non-hydrogen) atoms. The molecular formula is C19H28N4OS. The predicted octanol–water partition coefficient (Wildman–Crippen LogP) is 3.37. The lowest BCUT2D eigenvalue weighted by Crippen LogP contribution is -2.36. The Labute approximate surface area is 154 Å². The Morgan fingerprint density at radius 3 is 2.56 bits per heavy atom. The maximum atomic E-state index is 5.04. The van der Waals surface area contributed by atoms with Crippen molar-refractivity contribution >= 4 is 23.0 Å². The van der Waals surface area contributed by atoms with Gasteiger partial charge in [-0.15, -0.1) is 11.3 Å². The minimum absolute atomic E-state index is 0.650. The normalized spacial score (nSPS) is 11.4. The predicted molar refractivity (Wildman–Crippen MR) is 108 cm³/mol. The SMILES string of the molecule is CCNC(=NCc1ccc(NCCOC)cc1)NCc1ccc(C)s1. The highest BCUT2D eigenvalue weighted by Crippen LogP contribution is 2.14. The summed E-state index contributed by atoms with van der Waals surface area (Å²) in [5.41, 5.74) is 2.28. The Hall–Kier alpha value is -2.05. The Balaban J connectivity index is 1.86. The molecule has 1 heterocycles. The van der Waals surface area contributed by atoms with Gasteiger partial charge in [0.25, 0.3) is 0 Å². The number of benzene rings is 1. The molecule has 0 aliphatic heterocycles. The molecule has 136 valence electrons. The third kappa shape index (κ3) is 7.15. The largest absolute Gasteiger partial charge is 0.383 e. The quantitative estimate of drug-likeness (QED) is 0.365. The number of hydrogen-bond donors (Lipinski definition) is 3. The summed E-state index contributed by atoms with van der Waals surface area (Å²) < 4.78 is 5.04. The van der Waals surface area contributed by atoms with Crippen LogP contribution >= 0.6 is 11.3 Å². The van der Waals surface area contributed by atoms with E-state index in [0.717, 1.165) is 31.3 Å². The third-order valence-electron chi connectivity index (χ3n) is 3.58. The second-order valence-corrected chi connectivity index (χ2v) is 7.05. The number of rotatable bonds is 9. The van der Waals surface area contributed by atoms with Crippen molar-refractivity contribution < 1.29 is 4.74 Å². The summed E-state index contributed by atoms with van der Waals surface area (Å²) in [6, 6.07) is 12.7. The number of ether oxygens (including phenoxy) is 1. The summed E-state index contributed by atoms with van der Waals surface area (Å²) in [5.74, 6) is 0.843. The lowest BCUT2D eigenvalue weighted by Gasteiger charge is -2.11. The topological polar surface area (TPSA) is 57.7 Å². The fourth-order valence-corrected chi connectivity index (χ4v) is 3.12. The van der Waals surface area contributed by atoms with Crippen LogP contribution in [0.25, 0.3) is 0 Å². The monoisotopic (exact) mass is 360 g/mol. The number of aryl methyl sites for hydroxylation is 1. The Kier molecular flexibility index (Phi) is 8.28. The van der Waals surface area contributed by atoms with Crippen molar-refractivity contribution in [3.05, 3.63) is 51.7 Å². The fourth-order valence-electron chi connectivity index (χ4n) is 2.29. The van der Waals surface area contributed by atoms with Gasteiger partial charge in [0.1, 0.15) is 0 Å². The second-order valence-electron chi connectivity index (χ2n) is 5.68. The van der Waals surface area contributed by atoms with Crippen LogP contribution in [0.5, 0.6) is 0 Å². The smallest absolute Gasteiger partial charge is 0.191 e. The molecule has 0 atom stereocenters. The lowest BCUT2D eigenvalue weighted by molar-refractivity contribution is 0.211. The van der Waals surface area contributed by atoms with E-state index < -0.39 is 0 Å². The summed E-state index contributed by atoms with van der Waals surface area (Å²) in [6.07, 6.45) is 0. The molecule has 5 nitrogen and oxygen atoms in total. The molecule has 3 N–H and O–H groups in total. The van der Waals surface area contributed by atoms with Crippen molar-refractivity contribution in [1.82, 2.24) is 10.6 Å². The molecule has 0 aliphatic rings. The number of aliphatic imine (C=N–C) groups is 1. The van der Waals surface area contributed by atoms with E-state index in [1.54, 1.807) is 7.11 Å². The molecule has 0 amide bonds. The fraction of sp³-hybridized carbons (Fsp3) is 0.421. The van der Waals surface area contributed by atoms with Gasteiger partial charge in [-0.05, 0) is 43.7 Å². The number of nitrogens with zero attached hydrogens (tertiary/aromatic N) is 1. The highest BCUT2D eigenvalue weighted by atomic mass is 32.1. The van der Waals surface area contributed by atoms with Crippen molar-refractivity contribution in [3.63, 3.8) is 0 Å². The number of nitrogens with one attached hydrogen (secondary N) is 3. The van der Waals surface area contributed by atoms with Gasteiger partial charge in [0.2, 0.25) is 0 Å². The molecule has 0 saturated carbocycles. The number of anilines is 1. The van der Waals surface area contributed by atoms with Crippen LogP contribution in [0.15, 0.2) is 41.4 Å². The first kappa shape index (κ1) is 19.3. The maximum Gasteiger partial charge on any atom is 0.191 e. The average Bonchev–Trinajstić information content (AvgIpc) is 3.04. The molecule has 0 aliphatic carbocycles. The van der Waals surface area contributed by atoms with E-state index in [-0.39, 0.29) is 0 Å². The van der Waals surface area contributed by atoms with E-state index in [2.05, 4.69) is 71.2 Å². The number of methoxy groups -OCH3 is 1. The molecule has 0 spiro atoms. The molecule has 0 bridgehead atoms. The van der Waals surface area contributed by atoms with E-state index >= 15 is 0 Å². The third-order valence-corrected chi connectivity index (χ3v) is 4.58. The van der Waals surface area contributed by atoms with Gasteiger partial charge in [-0.2, -0.15) is 0 Å². The standard InChI is InChI=1S/C19H28N4OS/c1-4-20-19(23-14-18-10-5-15(2)25-18)22-13-16-6-8-17(9-7-16)21-11-12-24-3/h5-10,21H,4,11-14H2,1-3H3,(H2,20,22,23). The zero-order valence-electron chi connectivity index (χ0n) is 15.3. The van der Waals surface area contributed by atoms with Crippen LogP contribution in [0.2, 0.25) is 0 Å². The summed E-state index contributed by atoms with van der Waals surface area (Å²) in [4.78, 5) is 7.32. The van der Waals surface area contributed by atoms with Crippen LogP contribution in [0.3, 0.4) is 0 Å². The van der Waals surface area contributed by atoms with Crippen LogP contribution in [-0.4, -0.2) is 32.8 Å². The van der Waals surface area contributed by atoms with E-state index in [0.29, 0.717) is 13.2 Å². The van der Waals surface area contributed by atoms with Gasteiger partial charge in [-0.1, -0.05) is 12.1 Å². The van der Waals surface area contributed by atoms with Crippen LogP contribution in [0.1, 0.15) is 22.2 Å². The number of thiophene rings is 1. The van der Waals surface area contributed by atoms with Crippen molar-refractivity contribution in [2.75, 3.05) is 32.1 Å². The zero-order valence-corrected chi connectivity index (χ0v) is 16.1. The van der Waals surface area contributed by atoms with E-state index in [1.807, 2.05) is 11.3 Å². The van der Waals surface area contributed by atoms with E-state index in [9.17, 15) is 0 Å². The van der Waals surface area contributed by atoms with Gasteiger partial charge < -0.3 is 20.7 Å². The average molecular weight is 361 g/mol. The minimum atomic E-state index is 0.650. The highest BCUT2D eigenvalue weighted by molar-refractivity contribution is 7.11. The Bertz CT molecular complexity index is 652. The van der Waals surface area contributed by atoms with Crippen molar-refractivity contribution in [3.8, 4) is 0 Å². The Morgan fingerprint density at radius 2 is 1.92 bits per heavy atom. The van der Waals surface area contributed by atoms with Gasteiger partial charge in [0.15, 0.2) is 5.96 Å². The first-order chi connectivity index (χ1) is 12.2. The van der Waals surface area contributed by atoms with Gasteiger partial charge in [-0.25, -0.2) is 4.99 Å². The van der Waals surface area contributed by atoms with Crippen LogP contribution in [0.4, 0.5) is 5.69 Å². The Morgan fingerprint density at radius 1 is 1.12 bits per heavy atom. The highest BCUT2D eigenvalue weighted by Gasteiger charge is 2.01. The number of guanidine groups is 1. The molecule has 0 radical (unpaired) electrons. The summed E-state index contributed by atoms with van der Waals surface area (Å²) >= 11 is 1.81. The molecule has 2 rings (SSSR count). The molecule has 0 unspecified atom stereocenters. The molecule has 0 saturated heterocycles. The maximum absolute atomic E-state index is 5.04. The van der Waals surface area contributed by atoms with Crippen LogP contribution < -0.4 is 16.0 Å². The summed E-state index contributed by atoms with van der Waals surface area (Å²) in [5, 5.41) is 10.00. The summed E-state index contributed by atoms with van der Waals surface area (Å²) in [7, 11) is 1.71.